The predicted octanol–water partition coefficient (Wildman–Crippen LogP) is 4.09. The summed E-state index contributed by atoms with van der Waals surface area (Å²) in [6.07, 6.45) is 1.99. The predicted molar refractivity (Wildman–Crippen MR) is 143 cm³/mol. The first-order valence-corrected chi connectivity index (χ1v) is 14.8. The van der Waals surface area contributed by atoms with E-state index in [2.05, 4.69) is 10.3 Å². The first-order valence-electron chi connectivity index (χ1n) is 14.8. The number of alkyl halides is 3. The molecule has 1 saturated carbocycles. The summed E-state index contributed by atoms with van der Waals surface area (Å²) in [5, 5.41) is 13.0. The Bertz CT molecular complexity index is 1100. The highest BCUT2D eigenvalue weighted by atomic mass is 19.4. The van der Waals surface area contributed by atoms with Crippen molar-refractivity contribution in [2.24, 2.45) is 11.3 Å². The van der Waals surface area contributed by atoms with Gasteiger partial charge in [-0.15, -0.1) is 0 Å². The smallest absolute Gasteiger partial charge is 0.417 e. The van der Waals surface area contributed by atoms with Crippen molar-refractivity contribution in [2.75, 3.05) is 40.0 Å². The van der Waals surface area contributed by atoms with Crippen LogP contribution in [0.3, 0.4) is 0 Å². The van der Waals surface area contributed by atoms with Crippen LogP contribution in [0.2, 0.25) is 0 Å². The lowest BCUT2D eigenvalue weighted by Gasteiger charge is -2.39. The number of carbonyl (C=O) groups excluding carboxylic acids is 1. The summed E-state index contributed by atoms with van der Waals surface area (Å²) < 4.78 is 51.3. The van der Waals surface area contributed by atoms with E-state index in [1.165, 1.54) is 4.90 Å². The van der Waals surface area contributed by atoms with E-state index in [1.54, 1.807) is 12.0 Å². The van der Waals surface area contributed by atoms with Crippen LogP contribution in [0.5, 0.6) is 0 Å². The minimum Gasteiger partial charge on any atom is -0.465 e. The van der Waals surface area contributed by atoms with Crippen LogP contribution in [0, 0.1) is 11.3 Å². The number of hydrogen-bond donors (Lipinski definition) is 2. The number of likely N-dealkylation sites (tertiary alicyclic amines) is 1. The highest BCUT2D eigenvalue weighted by molar-refractivity contribution is 5.83. The molecule has 0 radical (unpaired) electrons. The maximum Gasteiger partial charge on any atom is 0.417 e. The number of aromatic nitrogens is 1. The van der Waals surface area contributed by atoms with Gasteiger partial charge in [0.05, 0.1) is 23.7 Å². The average Bonchev–Trinajstić information content (AvgIpc) is 3.39. The maximum atomic E-state index is 14.3. The summed E-state index contributed by atoms with van der Waals surface area (Å²) in [4.78, 5) is 32.9. The van der Waals surface area contributed by atoms with Crippen molar-refractivity contribution in [3.63, 3.8) is 0 Å². The van der Waals surface area contributed by atoms with Gasteiger partial charge in [-0.2, -0.15) is 13.2 Å². The van der Waals surface area contributed by atoms with Gasteiger partial charge in [0, 0.05) is 70.3 Å². The van der Waals surface area contributed by atoms with Crippen molar-refractivity contribution in [3.05, 3.63) is 29.1 Å². The standard InChI is InChI=1S/C29H41F3N4O5/c1-40-25-18-41-13-7-24(25)34-22-3-9-28(15-22,8-2-19-4-10-35(11-5-19)27(38)39)26(37)36-12-6-23-20(17-36)14-21(16-33-23)29(30,31)32/h14,16,19,22,24-25,34H,2-13,15,17-18H2,1H3,(H,38,39)/t22-,24+,25-,28+/m1/s1. The summed E-state index contributed by atoms with van der Waals surface area (Å²) in [7, 11) is 1.68. The molecule has 4 heterocycles. The van der Waals surface area contributed by atoms with Crippen LogP contribution in [0.15, 0.2) is 12.3 Å². The van der Waals surface area contributed by atoms with Crippen LogP contribution in [0.1, 0.15) is 68.2 Å². The molecule has 0 bridgehead atoms. The van der Waals surface area contributed by atoms with Gasteiger partial charge in [0.1, 0.15) is 0 Å². The number of methoxy groups -OCH3 is 1. The van der Waals surface area contributed by atoms with E-state index >= 15 is 0 Å². The van der Waals surface area contributed by atoms with Gasteiger partial charge in [0.15, 0.2) is 0 Å². The fraction of sp³-hybridized carbons (Fsp3) is 0.759. The topological polar surface area (TPSA) is 104 Å². The molecule has 1 aromatic heterocycles. The summed E-state index contributed by atoms with van der Waals surface area (Å²) >= 11 is 0. The molecule has 2 amide bonds. The second-order valence-corrected chi connectivity index (χ2v) is 12.2. The lowest BCUT2D eigenvalue weighted by Crippen LogP contribution is -2.51. The van der Waals surface area contributed by atoms with Crippen LogP contribution in [0.25, 0.3) is 0 Å². The zero-order chi connectivity index (χ0) is 29.2. The van der Waals surface area contributed by atoms with Crippen LogP contribution < -0.4 is 5.32 Å². The average molecular weight is 583 g/mol. The fourth-order valence-corrected chi connectivity index (χ4v) is 7.22. The quantitative estimate of drug-likeness (QED) is 0.499. The third kappa shape index (κ3) is 6.80. The van der Waals surface area contributed by atoms with Gasteiger partial charge in [-0.3, -0.25) is 9.78 Å². The molecule has 9 nitrogen and oxygen atoms in total. The fourth-order valence-electron chi connectivity index (χ4n) is 7.22. The third-order valence-corrected chi connectivity index (χ3v) is 9.69. The largest absolute Gasteiger partial charge is 0.465 e. The number of fused-ring (bicyclic) bond motifs is 1. The number of carbonyl (C=O) groups is 2. The van der Waals surface area contributed by atoms with Gasteiger partial charge in [-0.05, 0) is 68.9 Å². The molecule has 4 aliphatic rings. The number of pyridine rings is 1. The van der Waals surface area contributed by atoms with Gasteiger partial charge in [-0.1, -0.05) is 0 Å². The van der Waals surface area contributed by atoms with Crippen molar-refractivity contribution >= 4 is 12.0 Å². The zero-order valence-corrected chi connectivity index (χ0v) is 23.6. The van der Waals surface area contributed by atoms with E-state index in [4.69, 9.17) is 9.47 Å². The van der Waals surface area contributed by atoms with E-state index < -0.39 is 23.2 Å². The molecule has 3 aliphatic heterocycles. The molecule has 5 rings (SSSR count). The molecule has 1 aromatic rings. The molecule has 0 unspecified atom stereocenters. The van der Waals surface area contributed by atoms with Crippen molar-refractivity contribution < 1.29 is 37.3 Å². The Kier molecular flexibility index (Phi) is 9.10. The summed E-state index contributed by atoms with van der Waals surface area (Å²) in [6, 6.07) is 1.41. The maximum absolute atomic E-state index is 14.3. The Balaban J connectivity index is 1.31. The van der Waals surface area contributed by atoms with Gasteiger partial charge >= 0.3 is 12.3 Å². The van der Waals surface area contributed by atoms with Gasteiger partial charge < -0.3 is 29.7 Å². The Morgan fingerprint density at radius 3 is 2.68 bits per heavy atom. The number of nitrogens with zero attached hydrogens (tertiary/aromatic N) is 3. The number of hydrogen-bond acceptors (Lipinski definition) is 6. The van der Waals surface area contributed by atoms with Crippen molar-refractivity contribution in [1.82, 2.24) is 20.1 Å². The third-order valence-electron chi connectivity index (χ3n) is 9.69. The number of ether oxygens (including phenoxy) is 2. The Morgan fingerprint density at radius 2 is 1.98 bits per heavy atom. The minimum absolute atomic E-state index is 0.0168. The molecule has 0 aromatic carbocycles. The number of amides is 2. The summed E-state index contributed by atoms with van der Waals surface area (Å²) in [6.45, 7) is 2.77. The molecular formula is C29H41F3N4O5. The second-order valence-electron chi connectivity index (χ2n) is 12.2. The number of carboxylic acid groups (broad SMARTS) is 1. The number of piperidine rings is 1. The van der Waals surface area contributed by atoms with Crippen LogP contribution >= 0.6 is 0 Å². The van der Waals surface area contributed by atoms with Gasteiger partial charge in [0.2, 0.25) is 5.91 Å². The van der Waals surface area contributed by atoms with Crippen molar-refractivity contribution in [1.29, 1.82) is 0 Å². The van der Waals surface area contributed by atoms with Crippen molar-refractivity contribution in [3.8, 4) is 0 Å². The van der Waals surface area contributed by atoms with E-state index in [9.17, 15) is 27.9 Å². The van der Waals surface area contributed by atoms with Crippen molar-refractivity contribution in [2.45, 2.75) is 88.7 Å². The van der Waals surface area contributed by atoms with E-state index in [0.29, 0.717) is 75.7 Å². The van der Waals surface area contributed by atoms with E-state index in [0.717, 1.165) is 44.4 Å². The van der Waals surface area contributed by atoms with E-state index in [1.807, 2.05) is 0 Å². The molecule has 3 fully saturated rings. The van der Waals surface area contributed by atoms with Crippen LogP contribution in [-0.4, -0.2) is 90.0 Å². The molecule has 1 aliphatic carbocycles. The molecular weight excluding hydrogens is 541 g/mol. The SMILES string of the molecule is CO[C@@H]1COCC[C@@H]1N[C@@H]1CC[C@](CCC2CCN(C(=O)O)CC2)(C(=O)N2CCc3ncc(C(F)(F)F)cc3C2)C1. The highest BCUT2D eigenvalue weighted by Gasteiger charge is 2.48. The Morgan fingerprint density at radius 1 is 1.20 bits per heavy atom. The first-order chi connectivity index (χ1) is 19.6. The normalized spacial score (nSPS) is 29.4. The molecule has 2 N–H and O–H groups in total. The van der Waals surface area contributed by atoms with Gasteiger partial charge in [-0.25, -0.2) is 4.79 Å². The molecule has 41 heavy (non-hydrogen) atoms. The molecule has 4 atom stereocenters. The number of rotatable bonds is 7. The number of halogens is 3. The zero-order valence-electron chi connectivity index (χ0n) is 23.6. The monoisotopic (exact) mass is 582 g/mol. The summed E-state index contributed by atoms with van der Waals surface area (Å²) in [5.74, 6) is 0.361. The second kappa shape index (κ2) is 12.4. The highest BCUT2D eigenvalue weighted by Crippen LogP contribution is 2.46. The Hall–Kier alpha value is -2.44. The molecule has 0 spiro atoms. The van der Waals surface area contributed by atoms with Crippen LogP contribution in [-0.2, 0) is 33.4 Å². The number of nitrogens with one attached hydrogen (secondary N) is 1. The van der Waals surface area contributed by atoms with Crippen LogP contribution in [0.4, 0.5) is 18.0 Å². The molecule has 228 valence electrons. The van der Waals surface area contributed by atoms with Gasteiger partial charge in [0.25, 0.3) is 0 Å². The first kappa shape index (κ1) is 30.0. The summed E-state index contributed by atoms with van der Waals surface area (Å²) in [5.41, 5.74) is -0.310. The lowest BCUT2D eigenvalue weighted by molar-refractivity contribution is -0.144. The molecule has 2 saturated heterocycles. The Labute approximate surface area is 238 Å². The molecule has 12 heteroatoms. The van der Waals surface area contributed by atoms with E-state index in [-0.39, 0.29) is 30.6 Å². The minimum atomic E-state index is -4.49. The lowest BCUT2D eigenvalue weighted by atomic mass is 9.76.